The predicted molar refractivity (Wildman–Crippen MR) is 102 cm³/mol. The molecular weight excluding hydrogens is 302 g/mol. The molecule has 0 saturated heterocycles. The highest BCUT2D eigenvalue weighted by molar-refractivity contribution is 6.22. The van der Waals surface area contributed by atoms with E-state index in [1.165, 1.54) is 11.1 Å². The first kappa shape index (κ1) is 17.5. The fourth-order valence-electron chi connectivity index (χ4n) is 2.25. The topological polar surface area (TPSA) is 12.4 Å². The van der Waals surface area contributed by atoms with Crippen LogP contribution in [-0.2, 0) is 0 Å². The number of hydrogen-bond donors (Lipinski definition) is 0. The van der Waals surface area contributed by atoms with Gasteiger partial charge in [-0.15, -0.1) is 0 Å². The van der Waals surface area contributed by atoms with Gasteiger partial charge in [0, 0.05) is 0 Å². The molecule has 0 fully saturated rings. The van der Waals surface area contributed by atoms with Gasteiger partial charge in [-0.25, -0.2) is 0 Å². The van der Waals surface area contributed by atoms with Crippen LogP contribution in [0.5, 0.6) is 0 Å². The van der Waals surface area contributed by atoms with Gasteiger partial charge >= 0.3 is 0 Å². The third kappa shape index (κ3) is 5.07. The van der Waals surface area contributed by atoms with E-state index < -0.39 is 0 Å². The van der Waals surface area contributed by atoms with Crippen molar-refractivity contribution in [3.63, 3.8) is 0 Å². The minimum absolute atomic E-state index is 0.213. The number of halogens is 1. The molecule has 120 valence electrons. The summed E-state index contributed by atoms with van der Waals surface area (Å²) in [4.78, 5) is 4.79. The Bertz CT molecular complexity index is 659. The smallest absolute Gasteiger partial charge is 0.127 e. The summed E-state index contributed by atoms with van der Waals surface area (Å²) in [6, 6.07) is 20.6. The molecule has 0 radical (unpaired) electrons. The standard InChI is InChI=1S/C21H24ClN/c1-4-16(2)21(22)23-20(19-13-9-6-10-14-19)15-17(3)18-11-7-5-8-12-18/h5-16,21H,4H2,1-3H3/b17-15+,23-20?. The molecule has 0 spiro atoms. The molecule has 2 atom stereocenters. The van der Waals surface area contributed by atoms with Crippen molar-refractivity contribution in [2.75, 3.05) is 0 Å². The third-order valence-electron chi connectivity index (χ3n) is 4.03. The Labute approximate surface area is 144 Å². The zero-order valence-electron chi connectivity index (χ0n) is 14.0. The molecule has 0 saturated carbocycles. The van der Waals surface area contributed by atoms with Crippen LogP contribution in [0.15, 0.2) is 71.7 Å². The van der Waals surface area contributed by atoms with Crippen molar-refractivity contribution in [1.82, 2.24) is 0 Å². The summed E-state index contributed by atoms with van der Waals surface area (Å²) in [5, 5.41) is 0. The van der Waals surface area contributed by atoms with E-state index in [0.29, 0.717) is 5.92 Å². The van der Waals surface area contributed by atoms with E-state index in [9.17, 15) is 0 Å². The van der Waals surface area contributed by atoms with Crippen molar-refractivity contribution in [3.8, 4) is 0 Å². The van der Waals surface area contributed by atoms with Crippen molar-refractivity contribution < 1.29 is 0 Å². The van der Waals surface area contributed by atoms with Crippen LogP contribution in [0.1, 0.15) is 38.3 Å². The molecular formula is C21H24ClN. The van der Waals surface area contributed by atoms with Gasteiger partial charge in [-0.1, -0.05) is 92.5 Å². The quantitative estimate of drug-likeness (QED) is 0.341. The fourth-order valence-corrected chi connectivity index (χ4v) is 2.53. The summed E-state index contributed by atoms with van der Waals surface area (Å²) < 4.78 is 0. The molecule has 0 N–H and O–H groups in total. The fraction of sp³-hybridized carbons (Fsp3) is 0.286. The molecule has 0 heterocycles. The van der Waals surface area contributed by atoms with Crippen molar-refractivity contribution in [3.05, 3.63) is 77.9 Å². The lowest BCUT2D eigenvalue weighted by Gasteiger charge is -2.14. The minimum Gasteiger partial charge on any atom is -0.265 e. The third-order valence-corrected chi connectivity index (χ3v) is 4.56. The van der Waals surface area contributed by atoms with Gasteiger partial charge in [0.15, 0.2) is 0 Å². The van der Waals surface area contributed by atoms with Crippen molar-refractivity contribution in [2.24, 2.45) is 10.9 Å². The normalized spacial score (nSPS) is 15.3. The molecule has 23 heavy (non-hydrogen) atoms. The SMILES string of the molecule is CCC(C)C(Cl)N=C(/C=C(\C)c1ccccc1)c1ccccc1. The van der Waals surface area contributed by atoms with Gasteiger partial charge in [-0.2, -0.15) is 0 Å². The average molecular weight is 326 g/mol. The number of alkyl halides is 1. The minimum atomic E-state index is -0.213. The molecule has 2 heteroatoms. The summed E-state index contributed by atoms with van der Waals surface area (Å²) in [5.74, 6) is 0.348. The zero-order chi connectivity index (χ0) is 16.7. The Kier molecular flexibility index (Phi) is 6.61. The van der Waals surface area contributed by atoms with Gasteiger partial charge in [0.2, 0.25) is 0 Å². The number of aliphatic imine (C=N–C) groups is 1. The van der Waals surface area contributed by atoms with Crippen LogP contribution in [0, 0.1) is 5.92 Å². The Balaban J connectivity index is 2.40. The Hall–Kier alpha value is -1.86. The molecule has 0 aliphatic carbocycles. The van der Waals surface area contributed by atoms with Gasteiger partial charge in [-0.05, 0) is 35.6 Å². The highest BCUT2D eigenvalue weighted by Crippen LogP contribution is 2.20. The van der Waals surface area contributed by atoms with Gasteiger partial charge in [0.05, 0.1) is 5.71 Å². The van der Waals surface area contributed by atoms with Gasteiger partial charge in [-0.3, -0.25) is 4.99 Å². The molecule has 2 rings (SSSR count). The first-order valence-electron chi connectivity index (χ1n) is 8.12. The van der Waals surface area contributed by atoms with Crippen LogP contribution < -0.4 is 0 Å². The first-order chi connectivity index (χ1) is 11.1. The number of hydrogen-bond acceptors (Lipinski definition) is 1. The molecule has 0 bridgehead atoms. The van der Waals surface area contributed by atoms with E-state index in [-0.39, 0.29) is 5.50 Å². The lowest BCUT2D eigenvalue weighted by Crippen LogP contribution is -2.11. The van der Waals surface area contributed by atoms with E-state index in [0.717, 1.165) is 17.7 Å². The van der Waals surface area contributed by atoms with Crippen molar-refractivity contribution in [2.45, 2.75) is 32.7 Å². The molecule has 2 aromatic rings. The molecule has 1 nitrogen and oxygen atoms in total. The van der Waals surface area contributed by atoms with Crippen LogP contribution in [0.4, 0.5) is 0 Å². The number of allylic oxidation sites excluding steroid dienone is 2. The van der Waals surface area contributed by atoms with E-state index in [4.69, 9.17) is 16.6 Å². The Morgan fingerprint density at radius 1 is 1.00 bits per heavy atom. The van der Waals surface area contributed by atoms with Crippen LogP contribution in [0.2, 0.25) is 0 Å². The molecule has 0 amide bonds. The Morgan fingerprint density at radius 2 is 1.52 bits per heavy atom. The van der Waals surface area contributed by atoms with E-state index in [2.05, 4.69) is 63.2 Å². The summed E-state index contributed by atoms with van der Waals surface area (Å²) in [5.41, 5.74) is 4.20. The van der Waals surface area contributed by atoms with Crippen LogP contribution in [0.25, 0.3) is 5.57 Å². The first-order valence-corrected chi connectivity index (χ1v) is 8.56. The highest BCUT2D eigenvalue weighted by Gasteiger charge is 2.12. The summed E-state index contributed by atoms with van der Waals surface area (Å²) in [6.07, 6.45) is 3.14. The van der Waals surface area contributed by atoms with Crippen molar-refractivity contribution in [1.29, 1.82) is 0 Å². The molecule has 0 aromatic heterocycles. The second kappa shape index (κ2) is 8.69. The summed E-state index contributed by atoms with van der Waals surface area (Å²) in [7, 11) is 0. The molecule has 2 unspecified atom stereocenters. The maximum absolute atomic E-state index is 6.49. The van der Waals surface area contributed by atoms with E-state index in [1.54, 1.807) is 0 Å². The largest absolute Gasteiger partial charge is 0.265 e. The van der Waals surface area contributed by atoms with Crippen LogP contribution >= 0.6 is 11.6 Å². The molecule has 0 aliphatic rings. The maximum atomic E-state index is 6.49. The zero-order valence-corrected chi connectivity index (χ0v) is 14.8. The van der Waals surface area contributed by atoms with Crippen molar-refractivity contribution >= 4 is 22.9 Å². The van der Waals surface area contributed by atoms with Crippen LogP contribution in [0.3, 0.4) is 0 Å². The molecule has 0 aliphatic heterocycles. The number of rotatable bonds is 6. The lowest BCUT2D eigenvalue weighted by molar-refractivity contribution is 0.540. The number of nitrogens with zero attached hydrogens (tertiary/aromatic N) is 1. The second-order valence-corrected chi connectivity index (χ2v) is 6.28. The molecule has 2 aromatic carbocycles. The second-order valence-electron chi connectivity index (χ2n) is 5.83. The van der Waals surface area contributed by atoms with E-state index in [1.807, 2.05) is 24.3 Å². The summed E-state index contributed by atoms with van der Waals surface area (Å²) >= 11 is 6.49. The van der Waals surface area contributed by atoms with Gasteiger partial charge in [0.25, 0.3) is 0 Å². The van der Waals surface area contributed by atoms with E-state index >= 15 is 0 Å². The monoisotopic (exact) mass is 325 g/mol. The van der Waals surface area contributed by atoms with Gasteiger partial charge < -0.3 is 0 Å². The Morgan fingerprint density at radius 3 is 2.04 bits per heavy atom. The number of benzene rings is 2. The van der Waals surface area contributed by atoms with Crippen LogP contribution in [-0.4, -0.2) is 11.2 Å². The summed E-state index contributed by atoms with van der Waals surface area (Å²) in [6.45, 7) is 6.39. The predicted octanol–water partition coefficient (Wildman–Crippen LogP) is 6.19. The average Bonchev–Trinajstić information content (AvgIpc) is 2.61. The lowest BCUT2D eigenvalue weighted by atomic mass is 10.0. The highest BCUT2D eigenvalue weighted by atomic mass is 35.5. The van der Waals surface area contributed by atoms with Gasteiger partial charge in [0.1, 0.15) is 5.50 Å². The maximum Gasteiger partial charge on any atom is 0.127 e.